The summed E-state index contributed by atoms with van der Waals surface area (Å²) >= 11 is 0. The van der Waals surface area contributed by atoms with Crippen molar-refractivity contribution in [1.29, 1.82) is 0 Å². The lowest BCUT2D eigenvalue weighted by molar-refractivity contribution is 0.407. The zero-order chi connectivity index (χ0) is 18.7. The number of nitrogens with two attached hydrogens (primary N) is 1. The van der Waals surface area contributed by atoms with Crippen LogP contribution in [0.3, 0.4) is 0 Å². The summed E-state index contributed by atoms with van der Waals surface area (Å²) in [6.07, 6.45) is 13.0. The molecule has 0 saturated carbocycles. The average Bonchev–Trinajstić information content (AvgIpc) is 2.68. The first kappa shape index (κ1) is 22.9. The number of methoxy groups -OCH3 is 1. The molecule has 0 atom stereocenters. The van der Waals surface area contributed by atoms with Gasteiger partial charge in [0.15, 0.2) is 0 Å². The van der Waals surface area contributed by atoms with Crippen LogP contribution in [0.5, 0.6) is 5.75 Å². The molecule has 0 saturated heterocycles. The van der Waals surface area contributed by atoms with Gasteiger partial charge in [0.25, 0.3) is 0 Å². The lowest BCUT2D eigenvalue weighted by atomic mass is 10.1. The second kappa shape index (κ2) is 17.3. The minimum absolute atomic E-state index is 0.847. The van der Waals surface area contributed by atoms with Crippen LogP contribution in [0.1, 0.15) is 69.8 Å². The molecule has 0 radical (unpaired) electrons. The molecule has 0 aliphatic rings. The molecule has 4 heteroatoms. The highest BCUT2D eigenvalue weighted by Crippen LogP contribution is 2.16. The predicted molar refractivity (Wildman–Crippen MR) is 113 cm³/mol. The summed E-state index contributed by atoms with van der Waals surface area (Å²) in [4.78, 5) is 0. The molecule has 1 rings (SSSR count). The van der Waals surface area contributed by atoms with Crippen molar-refractivity contribution in [2.75, 3.05) is 33.3 Å². The first-order valence-corrected chi connectivity index (χ1v) is 10.6. The second-order valence-corrected chi connectivity index (χ2v) is 7.06. The van der Waals surface area contributed by atoms with E-state index < -0.39 is 0 Å². The molecule has 0 bridgehead atoms. The Morgan fingerprint density at radius 1 is 0.731 bits per heavy atom. The van der Waals surface area contributed by atoms with Crippen molar-refractivity contribution in [3.8, 4) is 5.75 Å². The fourth-order valence-electron chi connectivity index (χ4n) is 3.15. The molecule has 0 fully saturated rings. The molecular formula is C22H41N3O. The summed E-state index contributed by atoms with van der Waals surface area (Å²) in [5.41, 5.74) is 6.73. The van der Waals surface area contributed by atoms with E-state index in [1.807, 2.05) is 12.1 Å². The molecule has 0 aliphatic heterocycles. The maximum Gasteiger partial charge on any atom is 0.123 e. The van der Waals surface area contributed by atoms with E-state index in [4.69, 9.17) is 10.5 Å². The zero-order valence-electron chi connectivity index (χ0n) is 16.9. The highest BCUT2D eigenvalue weighted by molar-refractivity contribution is 5.32. The average molecular weight is 364 g/mol. The van der Waals surface area contributed by atoms with Crippen LogP contribution in [-0.4, -0.2) is 33.3 Å². The molecule has 0 aromatic heterocycles. The summed E-state index contributed by atoms with van der Waals surface area (Å²) in [6, 6.07) is 8.22. The van der Waals surface area contributed by atoms with Gasteiger partial charge in [-0.15, -0.1) is 0 Å². The van der Waals surface area contributed by atoms with Crippen LogP contribution in [0.4, 0.5) is 0 Å². The molecule has 0 amide bonds. The predicted octanol–water partition coefficient (Wildman–Crippen LogP) is 4.23. The van der Waals surface area contributed by atoms with Crippen molar-refractivity contribution in [1.82, 2.24) is 10.6 Å². The van der Waals surface area contributed by atoms with Gasteiger partial charge < -0.3 is 21.1 Å². The molecule has 1 aromatic carbocycles. The summed E-state index contributed by atoms with van der Waals surface area (Å²) in [5.74, 6) is 0.974. The SMILES string of the molecule is COc1ccccc1CNCCCCCCNCCCCCCCCN. The number of nitrogens with one attached hydrogen (secondary N) is 2. The molecule has 4 N–H and O–H groups in total. The third-order valence-corrected chi connectivity index (χ3v) is 4.77. The Hall–Kier alpha value is -1.10. The third-order valence-electron chi connectivity index (χ3n) is 4.77. The Morgan fingerprint density at radius 3 is 1.88 bits per heavy atom. The maximum atomic E-state index is 5.50. The summed E-state index contributed by atoms with van der Waals surface area (Å²) in [5, 5.41) is 7.09. The van der Waals surface area contributed by atoms with E-state index in [2.05, 4.69) is 22.8 Å². The van der Waals surface area contributed by atoms with Gasteiger partial charge in [-0.05, 0) is 57.9 Å². The first-order valence-electron chi connectivity index (χ1n) is 10.6. The topological polar surface area (TPSA) is 59.3 Å². The normalized spacial score (nSPS) is 11.0. The van der Waals surface area contributed by atoms with Crippen LogP contribution in [-0.2, 0) is 6.54 Å². The second-order valence-electron chi connectivity index (χ2n) is 7.06. The van der Waals surface area contributed by atoms with Crippen LogP contribution in [0.15, 0.2) is 24.3 Å². The smallest absolute Gasteiger partial charge is 0.123 e. The van der Waals surface area contributed by atoms with E-state index in [0.717, 1.165) is 25.4 Å². The lowest BCUT2D eigenvalue weighted by Crippen LogP contribution is -2.17. The number of hydrogen-bond acceptors (Lipinski definition) is 4. The van der Waals surface area contributed by atoms with Crippen molar-refractivity contribution in [3.63, 3.8) is 0 Å². The van der Waals surface area contributed by atoms with Crippen molar-refractivity contribution < 1.29 is 4.74 Å². The molecule has 0 aliphatic carbocycles. The van der Waals surface area contributed by atoms with Crippen LogP contribution in [0.2, 0.25) is 0 Å². The van der Waals surface area contributed by atoms with Gasteiger partial charge in [-0.1, -0.05) is 56.7 Å². The standard InChI is InChI=1S/C22H41N3O/c1-26-22-15-9-8-14-21(22)20-25-19-13-7-6-12-18-24-17-11-5-3-2-4-10-16-23/h8-9,14-15,24-25H,2-7,10-13,16-20,23H2,1H3. The molecule has 0 unspecified atom stereocenters. The molecule has 150 valence electrons. The van der Waals surface area contributed by atoms with Gasteiger partial charge >= 0.3 is 0 Å². The highest BCUT2D eigenvalue weighted by atomic mass is 16.5. The van der Waals surface area contributed by atoms with E-state index >= 15 is 0 Å². The van der Waals surface area contributed by atoms with E-state index in [-0.39, 0.29) is 0 Å². The molecule has 4 nitrogen and oxygen atoms in total. The Labute approximate surface area is 161 Å². The van der Waals surface area contributed by atoms with Gasteiger partial charge in [0.2, 0.25) is 0 Å². The van der Waals surface area contributed by atoms with Crippen molar-refractivity contribution >= 4 is 0 Å². The number of unbranched alkanes of at least 4 members (excludes halogenated alkanes) is 8. The minimum Gasteiger partial charge on any atom is -0.496 e. The molecule has 0 heterocycles. The molecule has 0 spiro atoms. The van der Waals surface area contributed by atoms with Crippen molar-refractivity contribution in [2.45, 2.75) is 70.8 Å². The number of hydrogen-bond donors (Lipinski definition) is 3. The minimum atomic E-state index is 0.847. The van der Waals surface area contributed by atoms with Gasteiger partial charge in [-0.3, -0.25) is 0 Å². The van der Waals surface area contributed by atoms with Gasteiger partial charge in [-0.25, -0.2) is 0 Å². The van der Waals surface area contributed by atoms with Crippen LogP contribution in [0.25, 0.3) is 0 Å². The fourth-order valence-corrected chi connectivity index (χ4v) is 3.15. The van der Waals surface area contributed by atoms with Crippen molar-refractivity contribution in [3.05, 3.63) is 29.8 Å². The largest absolute Gasteiger partial charge is 0.496 e. The number of para-hydroxylation sites is 1. The molecule has 26 heavy (non-hydrogen) atoms. The van der Waals surface area contributed by atoms with E-state index in [9.17, 15) is 0 Å². The lowest BCUT2D eigenvalue weighted by Gasteiger charge is -2.09. The quantitative estimate of drug-likeness (QED) is 0.342. The summed E-state index contributed by atoms with van der Waals surface area (Å²) in [6.45, 7) is 5.16. The Bertz CT molecular complexity index is 426. The van der Waals surface area contributed by atoms with Crippen molar-refractivity contribution in [2.24, 2.45) is 5.73 Å². The fraction of sp³-hybridized carbons (Fsp3) is 0.727. The van der Waals surface area contributed by atoms with E-state index in [1.165, 1.54) is 82.9 Å². The van der Waals surface area contributed by atoms with Crippen LogP contribution < -0.4 is 21.1 Å². The monoisotopic (exact) mass is 363 g/mol. The van der Waals surface area contributed by atoms with Gasteiger partial charge in [-0.2, -0.15) is 0 Å². The van der Waals surface area contributed by atoms with Gasteiger partial charge in [0.1, 0.15) is 5.75 Å². The number of benzene rings is 1. The summed E-state index contributed by atoms with van der Waals surface area (Å²) < 4.78 is 5.37. The first-order chi connectivity index (χ1) is 12.9. The van der Waals surface area contributed by atoms with Crippen LogP contribution in [0, 0.1) is 0 Å². The zero-order valence-corrected chi connectivity index (χ0v) is 16.9. The van der Waals surface area contributed by atoms with E-state index in [1.54, 1.807) is 7.11 Å². The van der Waals surface area contributed by atoms with Gasteiger partial charge in [0.05, 0.1) is 7.11 Å². The molecular weight excluding hydrogens is 322 g/mol. The Balaban J connectivity index is 1.80. The third kappa shape index (κ3) is 12.3. The Morgan fingerprint density at radius 2 is 1.27 bits per heavy atom. The van der Waals surface area contributed by atoms with Gasteiger partial charge in [0, 0.05) is 12.1 Å². The van der Waals surface area contributed by atoms with E-state index in [0.29, 0.717) is 0 Å². The maximum absolute atomic E-state index is 5.50. The van der Waals surface area contributed by atoms with Crippen LogP contribution >= 0.6 is 0 Å². The summed E-state index contributed by atoms with van der Waals surface area (Å²) in [7, 11) is 1.73. The number of rotatable bonds is 18. The Kier molecular flexibility index (Phi) is 15.3. The highest BCUT2D eigenvalue weighted by Gasteiger charge is 2.00. The molecule has 1 aromatic rings. The number of ether oxygens (including phenoxy) is 1.